The van der Waals surface area contributed by atoms with Crippen molar-refractivity contribution in [3.63, 3.8) is 0 Å². The van der Waals surface area contributed by atoms with E-state index in [1.54, 1.807) is 13.1 Å². The lowest BCUT2D eigenvalue weighted by Crippen LogP contribution is -2.30. The minimum absolute atomic E-state index is 0.115. The average Bonchev–Trinajstić information content (AvgIpc) is 2.47. The fraction of sp³-hybridized carbons (Fsp3) is 0.600. The van der Waals surface area contributed by atoms with Crippen LogP contribution in [-0.4, -0.2) is 43.7 Å². The number of anilines is 1. The molecule has 0 saturated carbocycles. The zero-order chi connectivity index (χ0) is 15.2. The molecular weight excluding hydrogens is 270 g/mol. The van der Waals surface area contributed by atoms with E-state index in [2.05, 4.69) is 17.3 Å². The summed E-state index contributed by atoms with van der Waals surface area (Å²) in [5.74, 6) is 0.588. The second kappa shape index (κ2) is 7.38. The molecule has 2 rings (SSSR count). The van der Waals surface area contributed by atoms with E-state index in [9.17, 15) is 10.1 Å². The van der Waals surface area contributed by atoms with Gasteiger partial charge in [-0.25, -0.2) is 0 Å². The summed E-state index contributed by atoms with van der Waals surface area (Å²) in [5.41, 5.74) is 1.75. The molecule has 1 aromatic carbocycles. The molecule has 0 aliphatic carbocycles. The average molecular weight is 293 g/mol. The van der Waals surface area contributed by atoms with Crippen LogP contribution in [0.25, 0.3) is 0 Å². The highest BCUT2D eigenvalue weighted by Gasteiger charge is 2.17. The Morgan fingerprint density at radius 3 is 2.95 bits per heavy atom. The van der Waals surface area contributed by atoms with Gasteiger partial charge in [-0.1, -0.05) is 6.07 Å². The number of benzene rings is 1. The molecule has 21 heavy (non-hydrogen) atoms. The molecule has 0 spiro atoms. The first-order valence-electron chi connectivity index (χ1n) is 7.31. The third-order valence-corrected chi connectivity index (χ3v) is 3.80. The van der Waals surface area contributed by atoms with Crippen molar-refractivity contribution in [3.05, 3.63) is 33.9 Å². The molecule has 1 unspecified atom stereocenters. The van der Waals surface area contributed by atoms with Gasteiger partial charge in [0.1, 0.15) is 5.69 Å². The number of hydrogen-bond acceptors (Lipinski definition) is 5. The first kappa shape index (κ1) is 15.7. The number of rotatable bonds is 6. The van der Waals surface area contributed by atoms with Gasteiger partial charge in [0.15, 0.2) is 0 Å². The molecule has 1 N–H and O–H groups in total. The smallest absolute Gasteiger partial charge is 0.292 e. The van der Waals surface area contributed by atoms with Crippen molar-refractivity contribution < 1.29 is 9.66 Å². The molecule has 0 bridgehead atoms. The largest absolute Gasteiger partial charge is 0.383 e. The van der Waals surface area contributed by atoms with Crippen LogP contribution in [0.2, 0.25) is 0 Å². The molecule has 0 aromatic heterocycles. The maximum absolute atomic E-state index is 10.9. The van der Waals surface area contributed by atoms with Crippen molar-refractivity contribution in [1.82, 2.24) is 4.90 Å². The third-order valence-electron chi connectivity index (χ3n) is 3.80. The summed E-state index contributed by atoms with van der Waals surface area (Å²) >= 11 is 0. The maximum atomic E-state index is 10.9. The summed E-state index contributed by atoms with van der Waals surface area (Å²) in [6.45, 7) is 3.50. The van der Waals surface area contributed by atoms with E-state index >= 15 is 0 Å². The van der Waals surface area contributed by atoms with Crippen LogP contribution in [0.1, 0.15) is 18.4 Å². The van der Waals surface area contributed by atoms with E-state index in [-0.39, 0.29) is 10.6 Å². The molecule has 1 aliphatic rings. The molecule has 1 heterocycles. The van der Waals surface area contributed by atoms with Gasteiger partial charge in [0, 0.05) is 32.8 Å². The van der Waals surface area contributed by atoms with Crippen LogP contribution in [0.4, 0.5) is 11.4 Å². The zero-order valence-corrected chi connectivity index (χ0v) is 12.7. The number of nitrogens with zero attached hydrogens (tertiary/aromatic N) is 2. The van der Waals surface area contributed by atoms with E-state index in [0.29, 0.717) is 11.6 Å². The van der Waals surface area contributed by atoms with Crippen LogP contribution in [-0.2, 0) is 11.3 Å². The van der Waals surface area contributed by atoms with E-state index in [4.69, 9.17) is 4.74 Å². The van der Waals surface area contributed by atoms with Gasteiger partial charge in [0.2, 0.25) is 0 Å². The number of nitro groups is 1. The SMILES string of the molecule is CNc1cc(CN(C)CC2CCCOC2)ccc1[N+](=O)[O-]. The first-order chi connectivity index (χ1) is 10.1. The fourth-order valence-corrected chi connectivity index (χ4v) is 2.81. The van der Waals surface area contributed by atoms with Crippen molar-refractivity contribution in [1.29, 1.82) is 0 Å². The third kappa shape index (κ3) is 4.41. The Kier molecular flexibility index (Phi) is 5.52. The molecule has 6 heteroatoms. The highest BCUT2D eigenvalue weighted by molar-refractivity contribution is 5.62. The molecule has 116 valence electrons. The topological polar surface area (TPSA) is 67.6 Å². The molecule has 1 atom stereocenters. The van der Waals surface area contributed by atoms with Crippen LogP contribution in [0.15, 0.2) is 18.2 Å². The van der Waals surface area contributed by atoms with Gasteiger partial charge in [-0.05, 0) is 37.4 Å². The quantitative estimate of drug-likeness (QED) is 0.644. The standard InChI is InChI=1S/C15H23N3O3/c1-16-14-8-12(5-6-15(14)18(19)20)9-17(2)10-13-4-3-7-21-11-13/h5-6,8,13,16H,3-4,7,9-11H2,1-2H3. The van der Waals surface area contributed by atoms with E-state index < -0.39 is 0 Å². The Morgan fingerprint density at radius 2 is 2.33 bits per heavy atom. The first-order valence-corrected chi connectivity index (χ1v) is 7.31. The van der Waals surface area contributed by atoms with Crippen LogP contribution in [0.5, 0.6) is 0 Å². The van der Waals surface area contributed by atoms with Crippen LogP contribution in [0, 0.1) is 16.0 Å². The maximum Gasteiger partial charge on any atom is 0.292 e. The number of hydrogen-bond donors (Lipinski definition) is 1. The normalized spacial score (nSPS) is 18.7. The number of ether oxygens (including phenoxy) is 1. The Labute approximate surface area is 125 Å². The minimum Gasteiger partial charge on any atom is -0.383 e. The van der Waals surface area contributed by atoms with Gasteiger partial charge in [-0.2, -0.15) is 0 Å². The molecule has 1 aromatic rings. The fourth-order valence-electron chi connectivity index (χ4n) is 2.81. The lowest BCUT2D eigenvalue weighted by atomic mass is 10.0. The molecule has 1 saturated heterocycles. The van der Waals surface area contributed by atoms with Gasteiger partial charge in [-0.15, -0.1) is 0 Å². The number of nitrogens with one attached hydrogen (secondary N) is 1. The molecule has 0 radical (unpaired) electrons. The van der Waals surface area contributed by atoms with Crippen LogP contribution >= 0.6 is 0 Å². The van der Waals surface area contributed by atoms with Gasteiger partial charge in [0.05, 0.1) is 11.5 Å². The van der Waals surface area contributed by atoms with E-state index in [1.165, 1.54) is 6.42 Å². The molecule has 1 aliphatic heterocycles. The van der Waals surface area contributed by atoms with E-state index in [0.717, 1.165) is 38.3 Å². The molecular formula is C15H23N3O3. The Morgan fingerprint density at radius 1 is 1.52 bits per heavy atom. The molecule has 1 fully saturated rings. The van der Waals surface area contributed by atoms with Crippen molar-refractivity contribution in [2.24, 2.45) is 5.92 Å². The Bertz CT molecular complexity index is 487. The second-order valence-electron chi connectivity index (χ2n) is 5.64. The minimum atomic E-state index is -0.362. The molecule has 0 amide bonds. The lowest BCUT2D eigenvalue weighted by molar-refractivity contribution is -0.384. The van der Waals surface area contributed by atoms with Crippen LogP contribution < -0.4 is 5.32 Å². The Balaban J connectivity index is 1.96. The highest BCUT2D eigenvalue weighted by Crippen LogP contribution is 2.25. The van der Waals surface area contributed by atoms with Gasteiger partial charge < -0.3 is 15.0 Å². The van der Waals surface area contributed by atoms with Gasteiger partial charge >= 0.3 is 0 Å². The highest BCUT2D eigenvalue weighted by atomic mass is 16.6. The summed E-state index contributed by atoms with van der Waals surface area (Å²) in [4.78, 5) is 12.8. The Hall–Kier alpha value is -1.66. The lowest BCUT2D eigenvalue weighted by Gasteiger charge is -2.27. The van der Waals surface area contributed by atoms with Crippen molar-refractivity contribution in [3.8, 4) is 0 Å². The molecule has 6 nitrogen and oxygen atoms in total. The summed E-state index contributed by atoms with van der Waals surface area (Å²) in [6, 6.07) is 5.25. The summed E-state index contributed by atoms with van der Waals surface area (Å²) in [5, 5.41) is 13.8. The summed E-state index contributed by atoms with van der Waals surface area (Å²) in [6.07, 6.45) is 2.35. The van der Waals surface area contributed by atoms with Crippen LogP contribution in [0.3, 0.4) is 0 Å². The predicted octanol–water partition coefficient (Wildman–Crippen LogP) is 2.49. The van der Waals surface area contributed by atoms with Gasteiger partial charge in [0.25, 0.3) is 5.69 Å². The second-order valence-corrected chi connectivity index (χ2v) is 5.64. The van der Waals surface area contributed by atoms with E-state index in [1.807, 2.05) is 12.1 Å². The summed E-state index contributed by atoms with van der Waals surface area (Å²) < 4.78 is 5.50. The summed E-state index contributed by atoms with van der Waals surface area (Å²) in [7, 11) is 3.78. The number of nitro benzene ring substituents is 1. The monoisotopic (exact) mass is 293 g/mol. The predicted molar refractivity (Wildman–Crippen MR) is 82.5 cm³/mol. The zero-order valence-electron chi connectivity index (χ0n) is 12.7. The van der Waals surface area contributed by atoms with Crippen molar-refractivity contribution in [2.45, 2.75) is 19.4 Å². The van der Waals surface area contributed by atoms with Crippen molar-refractivity contribution >= 4 is 11.4 Å². The van der Waals surface area contributed by atoms with Crippen molar-refractivity contribution in [2.75, 3.05) is 39.2 Å². The van der Waals surface area contributed by atoms with Gasteiger partial charge in [-0.3, -0.25) is 10.1 Å².